The fraction of sp³-hybridized carbons (Fsp3) is 0.0833. The average molecular weight is 220 g/mol. The first kappa shape index (κ1) is 9.99. The van der Waals surface area contributed by atoms with E-state index in [0.717, 1.165) is 17.0 Å². The van der Waals surface area contributed by atoms with Crippen molar-refractivity contribution in [1.82, 2.24) is 4.98 Å². The maximum Gasteiger partial charge on any atom is 0.129 e. The Morgan fingerprint density at radius 2 is 1.93 bits per heavy atom. The summed E-state index contributed by atoms with van der Waals surface area (Å²) in [5.74, 6) is 0.814. The number of nitrogens with zero attached hydrogens (tertiary/aromatic N) is 1. The van der Waals surface area contributed by atoms with Crippen LogP contribution in [0.3, 0.4) is 0 Å². The Hall–Kier alpha value is -1.54. The lowest BCUT2D eigenvalue weighted by Gasteiger charge is -2.03. The van der Waals surface area contributed by atoms with Crippen molar-refractivity contribution >= 4 is 11.6 Å². The highest BCUT2D eigenvalue weighted by Gasteiger charge is 2.00. The zero-order chi connectivity index (χ0) is 10.7. The molecule has 76 valence electrons. The number of rotatable bonds is 2. The van der Waals surface area contributed by atoms with Crippen molar-refractivity contribution in [3.8, 4) is 17.0 Å². The molecule has 1 heterocycles. The number of halogens is 1. The van der Waals surface area contributed by atoms with Crippen LogP contribution in [0.1, 0.15) is 0 Å². The van der Waals surface area contributed by atoms with Crippen LogP contribution in [0.4, 0.5) is 0 Å². The van der Waals surface area contributed by atoms with Gasteiger partial charge in [-0.2, -0.15) is 0 Å². The summed E-state index contributed by atoms with van der Waals surface area (Å²) < 4.78 is 5.15. The summed E-state index contributed by atoms with van der Waals surface area (Å²) in [5.41, 5.74) is 1.85. The van der Waals surface area contributed by atoms with Gasteiger partial charge in [0.15, 0.2) is 0 Å². The van der Waals surface area contributed by atoms with E-state index in [0.29, 0.717) is 5.15 Å². The third-order valence-corrected chi connectivity index (χ3v) is 2.29. The second kappa shape index (κ2) is 4.32. The van der Waals surface area contributed by atoms with Crippen molar-refractivity contribution in [1.29, 1.82) is 0 Å². The first-order chi connectivity index (χ1) is 7.29. The van der Waals surface area contributed by atoms with Crippen molar-refractivity contribution in [2.45, 2.75) is 0 Å². The van der Waals surface area contributed by atoms with E-state index in [-0.39, 0.29) is 0 Å². The number of hydrogen-bond acceptors (Lipinski definition) is 2. The molecular weight excluding hydrogens is 210 g/mol. The lowest BCUT2D eigenvalue weighted by molar-refractivity contribution is 0.415. The van der Waals surface area contributed by atoms with Crippen LogP contribution in [0.15, 0.2) is 42.5 Å². The molecule has 2 aromatic rings. The fourth-order valence-corrected chi connectivity index (χ4v) is 1.52. The molecule has 0 aliphatic heterocycles. The largest absolute Gasteiger partial charge is 0.497 e. The second-order valence-corrected chi connectivity index (χ2v) is 3.46. The molecule has 0 aliphatic carbocycles. The minimum absolute atomic E-state index is 0.496. The Balaban J connectivity index is 2.44. The molecule has 0 bridgehead atoms. The zero-order valence-corrected chi connectivity index (χ0v) is 9.03. The molecule has 0 amide bonds. The zero-order valence-electron chi connectivity index (χ0n) is 8.27. The van der Waals surface area contributed by atoms with E-state index in [9.17, 15) is 0 Å². The van der Waals surface area contributed by atoms with Gasteiger partial charge in [0.1, 0.15) is 10.9 Å². The fourth-order valence-electron chi connectivity index (χ4n) is 1.35. The van der Waals surface area contributed by atoms with Crippen molar-refractivity contribution in [2.24, 2.45) is 0 Å². The summed E-state index contributed by atoms with van der Waals surface area (Å²) in [7, 11) is 1.64. The Bertz CT molecular complexity index is 471. The van der Waals surface area contributed by atoms with Crippen LogP contribution < -0.4 is 4.74 Å². The number of benzene rings is 1. The lowest BCUT2D eigenvalue weighted by Crippen LogP contribution is -1.86. The Labute approximate surface area is 93.5 Å². The highest BCUT2D eigenvalue weighted by molar-refractivity contribution is 6.29. The molecule has 0 atom stereocenters. The van der Waals surface area contributed by atoms with Gasteiger partial charge in [0.05, 0.1) is 12.8 Å². The smallest absolute Gasteiger partial charge is 0.129 e. The van der Waals surface area contributed by atoms with Crippen LogP contribution in [-0.4, -0.2) is 12.1 Å². The summed E-state index contributed by atoms with van der Waals surface area (Å²) in [5, 5.41) is 0.496. The van der Waals surface area contributed by atoms with Crippen molar-refractivity contribution in [3.63, 3.8) is 0 Å². The van der Waals surface area contributed by atoms with Crippen molar-refractivity contribution in [2.75, 3.05) is 7.11 Å². The van der Waals surface area contributed by atoms with Gasteiger partial charge in [-0.1, -0.05) is 29.8 Å². The predicted molar refractivity (Wildman–Crippen MR) is 61.2 cm³/mol. The molecule has 0 radical (unpaired) electrons. The van der Waals surface area contributed by atoms with Gasteiger partial charge < -0.3 is 4.74 Å². The number of aromatic nitrogens is 1. The highest BCUT2D eigenvalue weighted by Crippen LogP contribution is 2.22. The lowest BCUT2D eigenvalue weighted by atomic mass is 10.1. The third-order valence-electron chi connectivity index (χ3n) is 2.08. The number of pyridine rings is 1. The summed E-state index contributed by atoms with van der Waals surface area (Å²) >= 11 is 5.83. The van der Waals surface area contributed by atoms with E-state index in [1.54, 1.807) is 13.2 Å². The normalized spacial score (nSPS) is 10.0. The highest BCUT2D eigenvalue weighted by atomic mass is 35.5. The molecule has 0 aliphatic rings. The van der Waals surface area contributed by atoms with Gasteiger partial charge in [-0.05, 0) is 24.3 Å². The van der Waals surface area contributed by atoms with Gasteiger partial charge >= 0.3 is 0 Å². The molecule has 2 rings (SSSR count). The van der Waals surface area contributed by atoms with E-state index in [4.69, 9.17) is 16.3 Å². The van der Waals surface area contributed by atoms with Crippen LogP contribution in [0.5, 0.6) is 5.75 Å². The molecule has 3 heteroatoms. The monoisotopic (exact) mass is 219 g/mol. The van der Waals surface area contributed by atoms with Crippen LogP contribution in [0.2, 0.25) is 5.15 Å². The molecule has 15 heavy (non-hydrogen) atoms. The Morgan fingerprint density at radius 3 is 2.67 bits per heavy atom. The first-order valence-electron chi connectivity index (χ1n) is 4.56. The van der Waals surface area contributed by atoms with Crippen LogP contribution in [0, 0.1) is 0 Å². The van der Waals surface area contributed by atoms with Gasteiger partial charge in [-0.25, -0.2) is 4.98 Å². The summed E-state index contributed by atoms with van der Waals surface area (Å²) in [4.78, 5) is 4.23. The Morgan fingerprint density at radius 1 is 1.13 bits per heavy atom. The van der Waals surface area contributed by atoms with Gasteiger partial charge in [-0.3, -0.25) is 0 Å². The molecule has 2 nitrogen and oxygen atoms in total. The van der Waals surface area contributed by atoms with Crippen LogP contribution in [0.25, 0.3) is 11.3 Å². The van der Waals surface area contributed by atoms with E-state index >= 15 is 0 Å². The number of ether oxygens (including phenoxy) is 1. The Kier molecular flexibility index (Phi) is 2.88. The quantitative estimate of drug-likeness (QED) is 0.723. The van der Waals surface area contributed by atoms with E-state index in [2.05, 4.69) is 4.98 Å². The maximum atomic E-state index is 5.83. The molecule has 1 aromatic carbocycles. The predicted octanol–water partition coefficient (Wildman–Crippen LogP) is 3.41. The van der Waals surface area contributed by atoms with Crippen LogP contribution in [-0.2, 0) is 0 Å². The molecule has 0 fully saturated rings. The van der Waals surface area contributed by atoms with Crippen LogP contribution >= 0.6 is 11.6 Å². The molecule has 0 unspecified atom stereocenters. The minimum Gasteiger partial charge on any atom is -0.497 e. The minimum atomic E-state index is 0.496. The van der Waals surface area contributed by atoms with Gasteiger partial charge in [0, 0.05) is 5.56 Å². The SMILES string of the molecule is COc1cccc(-c2cccc(Cl)n2)c1. The molecular formula is C12H10ClNO. The van der Waals surface area contributed by atoms with E-state index in [1.807, 2.05) is 36.4 Å². The summed E-state index contributed by atoms with van der Waals surface area (Å²) in [6.07, 6.45) is 0. The third kappa shape index (κ3) is 2.28. The topological polar surface area (TPSA) is 22.1 Å². The summed E-state index contributed by atoms with van der Waals surface area (Å²) in [6, 6.07) is 13.3. The molecule has 0 spiro atoms. The van der Waals surface area contributed by atoms with Crippen molar-refractivity contribution in [3.05, 3.63) is 47.6 Å². The van der Waals surface area contributed by atoms with E-state index < -0.39 is 0 Å². The molecule has 1 aromatic heterocycles. The second-order valence-electron chi connectivity index (χ2n) is 3.08. The van der Waals surface area contributed by atoms with Gasteiger partial charge in [-0.15, -0.1) is 0 Å². The molecule has 0 saturated heterocycles. The van der Waals surface area contributed by atoms with Gasteiger partial charge in [0.2, 0.25) is 0 Å². The standard InChI is InChI=1S/C12H10ClNO/c1-15-10-5-2-4-9(8-10)11-6-3-7-12(13)14-11/h2-8H,1H3. The summed E-state index contributed by atoms with van der Waals surface area (Å²) in [6.45, 7) is 0. The molecule has 0 N–H and O–H groups in total. The molecule has 0 saturated carbocycles. The van der Waals surface area contributed by atoms with Gasteiger partial charge in [0.25, 0.3) is 0 Å². The number of methoxy groups -OCH3 is 1. The first-order valence-corrected chi connectivity index (χ1v) is 4.94. The average Bonchev–Trinajstić information content (AvgIpc) is 2.29. The maximum absolute atomic E-state index is 5.83. The number of hydrogen-bond donors (Lipinski definition) is 0. The van der Waals surface area contributed by atoms with Crippen molar-refractivity contribution < 1.29 is 4.74 Å². The van der Waals surface area contributed by atoms with E-state index in [1.165, 1.54) is 0 Å².